The number of benzene rings is 1. The lowest BCUT2D eigenvalue weighted by Crippen LogP contribution is -2.68. The highest BCUT2D eigenvalue weighted by molar-refractivity contribution is 5.99. The average molecular weight is 476 g/mol. The maximum absolute atomic E-state index is 13.2. The lowest BCUT2D eigenvalue weighted by molar-refractivity contribution is -0.111. The second-order valence-electron chi connectivity index (χ2n) is 9.40. The van der Waals surface area contributed by atoms with E-state index in [0.29, 0.717) is 35.7 Å². The Morgan fingerprint density at radius 2 is 2.03 bits per heavy atom. The first-order valence-electron chi connectivity index (χ1n) is 11.7. The molecule has 182 valence electrons. The highest BCUT2D eigenvalue weighted by Crippen LogP contribution is 2.35. The molecule has 0 unspecified atom stereocenters. The van der Waals surface area contributed by atoms with Crippen molar-refractivity contribution in [1.29, 1.82) is 0 Å². The first kappa shape index (κ1) is 22.9. The number of β-amino-alcohol motifs (C(OH)–C–C–N with tert-alkyl or cyclic N) is 1. The second-order valence-corrected chi connectivity index (χ2v) is 9.40. The zero-order valence-electron chi connectivity index (χ0n) is 20.5. The Morgan fingerprint density at radius 1 is 1.26 bits per heavy atom. The minimum atomic E-state index is -0.873. The van der Waals surface area contributed by atoms with Crippen LogP contribution in [0, 0.1) is 13.8 Å². The minimum absolute atomic E-state index is 0.137. The van der Waals surface area contributed by atoms with E-state index in [0.717, 1.165) is 22.2 Å². The van der Waals surface area contributed by atoms with Crippen LogP contribution in [0.1, 0.15) is 42.4 Å². The van der Waals surface area contributed by atoms with Gasteiger partial charge in [0.1, 0.15) is 11.3 Å². The van der Waals surface area contributed by atoms with Crippen molar-refractivity contribution in [2.75, 3.05) is 13.1 Å². The number of carbonyl (C=O) groups is 2. The molecule has 2 amide bonds. The summed E-state index contributed by atoms with van der Waals surface area (Å²) < 4.78 is 9.55. The Morgan fingerprint density at radius 3 is 2.71 bits per heavy atom. The van der Waals surface area contributed by atoms with Crippen molar-refractivity contribution in [3.8, 4) is 11.5 Å². The molecule has 0 aliphatic carbocycles. The summed E-state index contributed by atoms with van der Waals surface area (Å²) >= 11 is 0. The van der Waals surface area contributed by atoms with E-state index in [-0.39, 0.29) is 18.0 Å². The lowest BCUT2D eigenvalue weighted by Gasteiger charge is -2.51. The number of rotatable bonds is 4. The van der Waals surface area contributed by atoms with E-state index in [9.17, 15) is 14.7 Å². The summed E-state index contributed by atoms with van der Waals surface area (Å²) in [5.74, 6) is 1.04. The summed E-state index contributed by atoms with van der Waals surface area (Å²) in [5.41, 5.74) is 2.75. The van der Waals surface area contributed by atoms with Gasteiger partial charge in [0.25, 0.3) is 5.91 Å². The monoisotopic (exact) mass is 475 g/mol. The molecule has 3 aromatic heterocycles. The molecule has 1 fully saturated rings. The predicted octanol–water partition coefficient (Wildman–Crippen LogP) is 3.87. The summed E-state index contributed by atoms with van der Waals surface area (Å²) in [6, 6.07) is 8.87. The number of aliphatic hydroxyl groups is 1. The second kappa shape index (κ2) is 8.13. The van der Waals surface area contributed by atoms with Crippen LogP contribution in [0.4, 0.5) is 4.79 Å². The van der Waals surface area contributed by atoms with Crippen molar-refractivity contribution in [2.24, 2.45) is 0 Å². The first-order valence-corrected chi connectivity index (χ1v) is 11.7. The van der Waals surface area contributed by atoms with Crippen LogP contribution in [0.3, 0.4) is 0 Å². The summed E-state index contributed by atoms with van der Waals surface area (Å²) in [4.78, 5) is 27.3. The van der Waals surface area contributed by atoms with E-state index >= 15 is 0 Å². The third-order valence-corrected chi connectivity index (χ3v) is 6.96. The maximum atomic E-state index is 13.2. The molecule has 4 aromatic rings. The molecule has 0 saturated carbocycles. The maximum Gasteiger partial charge on any atom is 0.326 e. The molecule has 1 aliphatic rings. The molecule has 1 aliphatic heterocycles. The fourth-order valence-electron chi connectivity index (χ4n) is 4.78. The van der Waals surface area contributed by atoms with E-state index < -0.39 is 5.60 Å². The zero-order chi connectivity index (χ0) is 25.1. The smallest absolute Gasteiger partial charge is 0.326 e. The number of hydrogen-bond acceptors (Lipinski definition) is 5. The molecule has 4 heterocycles. The van der Waals surface area contributed by atoms with Crippen molar-refractivity contribution < 1.29 is 19.4 Å². The Balaban J connectivity index is 1.48. The quantitative estimate of drug-likeness (QED) is 0.467. The standard InChI is InChI=1S/C26H29N5O4/c1-6-27-25(33)31-15(2)11-18-12-19(7-8-21(18)31)35-22-9-10-28-30-13-20(16(3)23(22)30)24(32)29-14-26(5,34)17(29)4/h7-13,17,34H,6,14H2,1-5H3,(H,27,33)/t17-,26-/m1/s1. The van der Waals surface area contributed by atoms with Crippen LogP contribution in [-0.4, -0.2) is 60.9 Å². The number of nitrogens with zero attached hydrogens (tertiary/aromatic N) is 4. The molecule has 1 aromatic carbocycles. The number of nitrogens with one attached hydrogen (secondary N) is 1. The van der Waals surface area contributed by atoms with Gasteiger partial charge in [0.2, 0.25) is 0 Å². The van der Waals surface area contributed by atoms with Crippen LogP contribution < -0.4 is 10.1 Å². The van der Waals surface area contributed by atoms with E-state index in [1.54, 1.807) is 39.4 Å². The number of likely N-dealkylation sites (tertiary alicyclic amines) is 1. The van der Waals surface area contributed by atoms with Gasteiger partial charge in [-0.2, -0.15) is 5.10 Å². The first-order chi connectivity index (χ1) is 16.6. The van der Waals surface area contributed by atoms with Gasteiger partial charge < -0.3 is 20.1 Å². The molecule has 5 rings (SSSR count). The molecule has 0 bridgehead atoms. The number of fused-ring (bicyclic) bond motifs is 2. The SMILES string of the molecule is CCNC(=O)n1c(C)cc2cc(Oc3ccnn4cc(C(=O)N5C[C@@](C)(O)[C@H]5C)c(C)c34)ccc21. The number of aryl methyl sites for hydroxylation is 2. The van der Waals surface area contributed by atoms with Crippen LogP contribution >= 0.6 is 0 Å². The Bertz CT molecular complexity index is 1480. The Hall–Kier alpha value is -3.85. The molecule has 0 spiro atoms. The molecule has 35 heavy (non-hydrogen) atoms. The normalized spacial score (nSPS) is 19.7. The largest absolute Gasteiger partial charge is 0.455 e. The van der Waals surface area contributed by atoms with Crippen LogP contribution in [0.15, 0.2) is 42.7 Å². The van der Waals surface area contributed by atoms with Gasteiger partial charge in [0, 0.05) is 29.9 Å². The molecular weight excluding hydrogens is 446 g/mol. The zero-order valence-corrected chi connectivity index (χ0v) is 20.5. The van der Waals surface area contributed by atoms with Gasteiger partial charge in [-0.3, -0.25) is 9.36 Å². The lowest BCUT2D eigenvalue weighted by atomic mass is 9.86. The van der Waals surface area contributed by atoms with Gasteiger partial charge in [0.05, 0.1) is 35.5 Å². The number of carbonyl (C=O) groups excluding carboxylic acids is 2. The molecule has 1 saturated heterocycles. The average Bonchev–Trinajstić information content (AvgIpc) is 3.33. The molecule has 0 radical (unpaired) electrons. The van der Waals surface area contributed by atoms with Crippen LogP contribution in [0.25, 0.3) is 16.4 Å². The van der Waals surface area contributed by atoms with Crippen LogP contribution in [0.2, 0.25) is 0 Å². The third-order valence-electron chi connectivity index (χ3n) is 6.96. The Kier molecular flexibility index (Phi) is 5.32. The van der Waals surface area contributed by atoms with E-state index in [2.05, 4.69) is 10.4 Å². The van der Waals surface area contributed by atoms with Crippen molar-refractivity contribution in [2.45, 2.75) is 46.3 Å². The summed E-state index contributed by atoms with van der Waals surface area (Å²) in [6.07, 6.45) is 3.33. The predicted molar refractivity (Wildman–Crippen MR) is 132 cm³/mol. The van der Waals surface area contributed by atoms with E-state index in [1.807, 2.05) is 52.0 Å². The number of hydrogen-bond donors (Lipinski definition) is 2. The molecular formula is C26H29N5O4. The topological polar surface area (TPSA) is 101 Å². The van der Waals surface area contributed by atoms with Gasteiger partial charge in [-0.1, -0.05) is 0 Å². The molecule has 9 nitrogen and oxygen atoms in total. The number of ether oxygens (including phenoxy) is 1. The van der Waals surface area contributed by atoms with Gasteiger partial charge in [-0.05, 0) is 64.4 Å². The fraction of sp³-hybridized carbons (Fsp3) is 0.346. The van der Waals surface area contributed by atoms with Crippen molar-refractivity contribution in [1.82, 2.24) is 24.4 Å². The molecule has 2 N–H and O–H groups in total. The summed E-state index contributed by atoms with van der Waals surface area (Å²) in [5, 5.41) is 18.4. The Labute approximate surface area is 202 Å². The fourth-order valence-corrected chi connectivity index (χ4v) is 4.78. The van der Waals surface area contributed by atoms with Crippen molar-refractivity contribution in [3.05, 3.63) is 59.5 Å². The van der Waals surface area contributed by atoms with E-state index in [1.165, 1.54) is 0 Å². The minimum Gasteiger partial charge on any atom is -0.455 e. The van der Waals surface area contributed by atoms with Crippen LogP contribution in [0.5, 0.6) is 11.5 Å². The van der Waals surface area contributed by atoms with Gasteiger partial charge in [-0.15, -0.1) is 0 Å². The van der Waals surface area contributed by atoms with Gasteiger partial charge in [0.15, 0.2) is 5.75 Å². The highest BCUT2D eigenvalue weighted by atomic mass is 16.5. The van der Waals surface area contributed by atoms with Crippen molar-refractivity contribution >= 4 is 28.4 Å². The number of amides is 2. The molecule has 9 heteroatoms. The summed E-state index contributed by atoms with van der Waals surface area (Å²) in [7, 11) is 0. The molecule has 2 atom stereocenters. The van der Waals surface area contributed by atoms with Crippen LogP contribution in [-0.2, 0) is 0 Å². The van der Waals surface area contributed by atoms with Gasteiger partial charge in [-0.25, -0.2) is 9.31 Å². The summed E-state index contributed by atoms with van der Waals surface area (Å²) in [6.45, 7) is 10.1. The van der Waals surface area contributed by atoms with E-state index in [4.69, 9.17) is 4.74 Å². The third kappa shape index (κ3) is 3.63. The number of aromatic nitrogens is 3. The highest BCUT2D eigenvalue weighted by Gasteiger charge is 2.47. The van der Waals surface area contributed by atoms with Crippen molar-refractivity contribution in [3.63, 3.8) is 0 Å². The van der Waals surface area contributed by atoms with Gasteiger partial charge >= 0.3 is 6.03 Å².